The summed E-state index contributed by atoms with van der Waals surface area (Å²) in [7, 11) is 0. The highest BCUT2D eigenvalue weighted by atomic mass is 16.6. The third kappa shape index (κ3) is 3.79. The molecule has 4 heteroatoms. The van der Waals surface area contributed by atoms with Crippen molar-refractivity contribution in [3.05, 3.63) is 72.3 Å². The molecule has 0 aromatic heterocycles. The number of carbonyl (C=O) groups excluding carboxylic acids is 2. The van der Waals surface area contributed by atoms with Gasteiger partial charge in [0, 0.05) is 5.56 Å². The Balaban J connectivity index is 1.62. The Hall–Kier alpha value is -3.14. The third-order valence-electron chi connectivity index (χ3n) is 3.55. The third-order valence-corrected chi connectivity index (χ3v) is 3.55. The van der Waals surface area contributed by atoms with Gasteiger partial charge in [0.15, 0.2) is 12.4 Å². The molecule has 0 aliphatic carbocycles. The first-order valence-corrected chi connectivity index (χ1v) is 7.55. The standard InChI is InChI=1S/C20H16O4/c1-14(21)16-7-4-8-19(11-16)24-20(22)13-23-18-10-9-15-5-2-3-6-17(15)12-18/h2-12H,13H2,1H3. The SMILES string of the molecule is CC(=O)c1cccc(OC(=O)COc2ccc3ccccc3c2)c1. The van der Waals surface area contributed by atoms with Gasteiger partial charge in [0.25, 0.3) is 0 Å². The van der Waals surface area contributed by atoms with Crippen LogP contribution in [0.4, 0.5) is 0 Å². The van der Waals surface area contributed by atoms with Crippen molar-refractivity contribution in [1.82, 2.24) is 0 Å². The molecule has 0 aliphatic heterocycles. The van der Waals surface area contributed by atoms with Gasteiger partial charge in [-0.05, 0) is 42.0 Å². The van der Waals surface area contributed by atoms with E-state index < -0.39 is 5.97 Å². The fraction of sp³-hybridized carbons (Fsp3) is 0.100. The lowest BCUT2D eigenvalue weighted by Gasteiger charge is -2.08. The summed E-state index contributed by atoms with van der Waals surface area (Å²) in [5, 5.41) is 2.14. The number of fused-ring (bicyclic) bond motifs is 1. The Morgan fingerprint density at radius 3 is 2.42 bits per heavy atom. The summed E-state index contributed by atoms with van der Waals surface area (Å²) in [5.74, 6) is 0.321. The quantitative estimate of drug-likeness (QED) is 0.405. The smallest absolute Gasteiger partial charge is 0.349 e. The molecule has 120 valence electrons. The number of benzene rings is 3. The molecule has 24 heavy (non-hydrogen) atoms. The Labute approximate surface area is 139 Å². The van der Waals surface area contributed by atoms with Crippen LogP contribution >= 0.6 is 0 Å². The summed E-state index contributed by atoms with van der Waals surface area (Å²) in [6.07, 6.45) is 0. The maximum Gasteiger partial charge on any atom is 0.349 e. The van der Waals surface area contributed by atoms with E-state index in [0.717, 1.165) is 10.8 Å². The minimum Gasteiger partial charge on any atom is -0.482 e. The molecule has 0 amide bonds. The maximum absolute atomic E-state index is 11.9. The van der Waals surface area contributed by atoms with E-state index in [2.05, 4.69) is 0 Å². The molecule has 0 fully saturated rings. The second kappa shape index (κ2) is 6.96. The van der Waals surface area contributed by atoms with Crippen LogP contribution in [0.3, 0.4) is 0 Å². The molecule has 3 aromatic carbocycles. The first-order valence-electron chi connectivity index (χ1n) is 7.55. The first-order chi connectivity index (χ1) is 11.6. The van der Waals surface area contributed by atoms with E-state index >= 15 is 0 Å². The van der Waals surface area contributed by atoms with Crippen molar-refractivity contribution in [2.75, 3.05) is 6.61 Å². The average molecular weight is 320 g/mol. The van der Waals surface area contributed by atoms with Crippen LogP contribution in [-0.4, -0.2) is 18.4 Å². The number of ketones is 1. The lowest BCUT2D eigenvalue weighted by atomic mass is 10.1. The van der Waals surface area contributed by atoms with Gasteiger partial charge in [-0.2, -0.15) is 0 Å². The lowest BCUT2D eigenvalue weighted by molar-refractivity contribution is -0.136. The van der Waals surface area contributed by atoms with Crippen LogP contribution < -0.4 is 9.47 Å². The van der Waals surface area contributed by atoms with Crippen LogP contribution in [0, 0.1) is 0 Å². The van der Waals surface area contributed by atoms with Crippen LogP contribution in [0.25, 0.3) is 10.8 Å². The Morgan fingerprint density at radius 1 is 0.833 bits per heavy atom. The van der Waals surface area contributed by atoms with E-state index in [-0.39, 0.29) is 12.4 Å². The molecule has 0 unspecified atom stereocenters. The van der Waals surface area contributed by atoms with Gasteiger partial charge in [-0.3, -0.25) is 4.79 Å². The predicted octanol–water partition coefficient (Wildman–Crippen LogP) is 4.03. The van der Waals surface area contributed by atoms with Crippen molar-refractivity contribution in [2.45, 2.75) is 6.92 Å². The van der Waals surface area contributed by atoms with Gasteiger partial charge in [-0.1, -0.05) is 42.5 Å². The number of hydrogen-bond acceptors (Lipinski definition) is 4. The number of ether oxygens (including phenoxy) is 2. The number of hydrogen-bond donors (Lipinski definition) is 0. The summed E-state index contributed by atoms with van der Waals surface area (Å²) in [4.78, 5) is 23.2. The minimum absolute atomic E-state index is 0.0830. The second-order valence-corrected chi connectivity index (χ2v) is 5.36. The van der Waals surface area contributed by atoms with Gasteiger partial charge in [-0.15, -0.1) is 0 Å². The topological polar surface area (TPSA) is 52.6 Å². The van der Waals surface area contributed by atoms with Gasteiger partial charge in [0.05, 0.1) is 0 Å². The van der Waals surface area contributed by atoms with Gasteiger partial charge in [-0.25, -0.2) is 4.79 Å². The zero-order chi connectivity index (χ0) is 16.9. The molecular weight excluding hydrogens is 304 g/mol. The molecule has 0 aliphatic rings. The Bertz CT molecular complexity index is 899. The van der Waals surface area contributed by atoms with Crippen LogP contribution in [-0.2, 0) is 4.79 Å². The summed E-state index contributed by atoms with van der Waals surface area (Å²) in [6, 6.07) is 20.0. The Kier molecular flexibility index (Phi) is 4.57. The highest BCUT2D eigenvalue weighted by molar-refractivity contribution is 5.94. The molecule has 0 bridgehead atoms. The molecule has 4 nitrogen and oxygen atoms in total. The normalized spacial score (nSPS) is 10.4. The van der Waals surface area contributed by atoms with E-state index in [4.69, 9.17) is 9.47 Å². The zero-order valence-corrected chi connectivity index (χ0v) is 13.2. The highest BCUT2D eigenvalue weighted by Gasteiger charge is 2.08. The summed E-state index contributed by atoms with van der Waals surface area (Å²) < 4.78 is 10.7. The number of carbonyl (C=O) groups is 2. The van der Waals surface area contributed by atoms with E-state index in [9.17, 15) is 9.59 Å². The predicted molar refractivity (Wildman–Crippen MR) is 91.5 cm³/mol. The summed E-state index contributed by atoms with van der Waals surface area (Å²) >= 11 is 0. The molecule has 0 radical (unpaired) electrons. The lowest BCUT2D eigenvalue weighted by Crippen LogP contribution is -2.17. The second-order valence-electron chi connectivity index (χ2n) is 5.36. The molecule has 3 rings (SSSR count). The van der Waals surface area contributed by atoms with Crippen LogP contribution in [0.2, 0.25) is 0 Å². The largest absolute Gasteiger partial charge is 0.482 e. The van der Waals surface area contributed by atoms with Crippen molar-refractivity contribution in [3.63, 3.8) is 0 Å². The fourth-order valence-electron chi connectivity index (χ4n) is 2.34. The van der Waals surface area contributed by atoms with E-state index in [1.54, 1.807) is 18.2 Å². The van der Waals surface area contributed by atoms with E-state index in [1.165, 1.54) is 13.0 Å². The fourth-order valence-corrected chi connectivity index (χ4v) is 2.34. The van der Waals surface area contributed by atoms with E-state index in [1.807, 2.05) is 42.5 Å². The monoisotopic (exact) mass is 320 g/mol. The van der Waals surface area contributed by atoms with Gasteiger partial charge in [0.1, 0.15) is 11.5 Å². The molecule has 0 N–H and O–H groups in total. The van der Waals surface area contributed by atoms with Crippen LogP contribution in [0.5, 0.6) is 11.5 Å². The zero-order valence-electron chi connectivity index (χ0n) is 13.2. The first kappa shape index (κ1) is 15.7. The van der Waals surface area contributed by atoms with Crippen molar-refractivity contribution in [1.29, 1.82) is 0 Å². The molecule has 3 aromatic rings. The highest BCUT2D eigenvalue weighted by Crippen LogP contribution is 2.20. The molecule has 0 spiro atoms. The van der Waals surface area contributed by atoms with Gasteiger partial charge >= 0.3 is 5.97 Å². The molecule has 0 saturated heterocycles. The number of rotatable bonds is 5. The molecule has 0 saturated carbocycles. The minimum atomic E-state index is -0.524. The molecule has 0 heterocycles. The van der Waals surface area contributed by atoms with Crippen molar-refractivity contribution >= 4 is 22.5 Å². The molecule has 0 atom stereocenters. The van der Waals surface area contributed by atoms with Crippen LogP contribution in [0.1, 0.15) is 17.3 Å². The molecular formula is C20H16O4. The summed E-state index contributed by atoms with van der Waals surface area (Å²) in [6.45, 7) is 1.26. The van der Waals surface area contributed by atoms with Crippen molar-refractivity contribution in [2.24, 2.45) is 0 Å². The van der Waals surface area contributed by atoms with Gasteiger partial charge < -0.3 is 9.47 Å². The Morgan fingerprint density at radius 2 is 1.62 bits per heavy atom. The number of esters is 1. The van der Waals surface area contributed by atoms with Gasteiger partial charge in [0.2, 0.25) is 0 Å². The number of Topliss-reactive ketones (excluding diaryl/α,β-unsaturated/α-hetero) is 1. The maximum atomic E-state index is 11.9. The van der Waals surface area contributed by atoms with E-state index in [0.29, 0.717) is 17.1 Å². The average Bonchev–Trinajstić information content (AvgIpc) is 2.60. The van der Waals surface area contributed by atoms with Crippen molar-refractivity contribution < 1.29 is 19.1 Å². The van der Waals surface area contributed by atoms with Crippen molar-refractivity contribution in [3.8, 4) is 11.5 Å². The van der Waals surface area contributed by atoms with Crippen LogP contribution in [0.15, 0.2) is 66.7 Å². The summed E-state index contributed by atoms with van der Waals surface area (Å²) in [5.41, 5.74) is 0.496.